The van der Waals surface area contributed by atoms with Gasteiger partial charge in [-0.2, -0.15) is 0 Å². The average molecular weight is 481 g/mol. The Morgan fingerprint density at radius 3 is 2.64 bits per heavy atom. The molecule has 0 unspecified atom stereocenters. The third-order valence-corrected chi connectivity index (χ3v) is 5.78. The van der Waals surface area contributed by atoms with Crippen LogP contribution in [0.2, 0.25) is 0 Å². The lowest BCUT2D eigenvalue weighted by atomic mass is 10.0. The van der Waals surface area contributed by atoms with E-state index in [9.17, 15) is 9.59 Å². The lowest BCUT2D eigenvalue weighted by Crippen LogP contribution is -2.23. The molecule has 0 aliphatic carbocycles. The van der Waals surface area contributed by atoms with Crippen LogP contribution in [0.4, 0.5) is 4.79 Å². The minimum absolute atomic E-state index is 0.102. The second kappa shape index (κ2) is 9.46. The molecule has 36 heavy (non-hydrogen) atoms. The molecule has 0 spiro atoms. The third kappa shape index (κ3) is 4.11. The van der Waals surface area contributed by atoms with Crippen LogP contribution >= 0.6 is 0 Å². The fourth-order valence-electron chi connectivity index (χ4n) is 4.07. The van der Waals surface area contributed by atoms with Gasteiger partial charge in [0.2, 0.25) is 0 Å². The Bertz CT molecular complexity index is 1520. The Balaban J connectivity index is 1.75. The summed E-state index contributed by atoms with van der Waals surface area (Å²) in [6.45, 7) is 3.69. The highest BCUT2D eigenvalue weighted by Gasteiger charge is 2.29. The molecule has 5 rings (SSSR count). The molecule has 0 atom stereocenters. The summed E-state index contributed by atoms with van der Waals surface area (Å²) in [5, 5.41) is 1.93. The molecule has 0 N–H and O–H groups in total. The highest BCUT2D eigenvalue weighted by atomic mass is 16.6. The Labute approximate surface area is 208 Å². The number of hydrogen-bond donors (Lipinski definition) is 0. The average Bonchev–Trinajstić information content (AvgIpc) is 3.33. The minimum Gasteiger partial charge on any atom is -0.458 e. The summed E-state index contributed by atoms with van der Waals surface area (Å²) in [5.74, 6) is 0.548. The zero-order chi connectivity index (χ0) is 25.2. The molecule has 7 nitrogen and oxygen atoms in total. The summed E-state index contributed by atoms with van der Waals surface area (Å²) >= 11 is 0. The number of esters is 1. The van der Waals surface area contributed by atoms with Gasteiger partial charge in [-0.1, -0.05) is 55.1 Å². The standard InChI is InChI=1S/C29H24N2O5/c1-4-17-34-28(32)20-14-15-23-25(18-20)35-26(22-12-7-10-19-9-5-6-11-21(19)22)27(36-29(33)30(2)3)24-13-8-16-31(23)24/h4-16,18H,1,17H2,2-3H3. The van der Waals surface area contributed by atoms with Crippen LogP contribution in [0.15, 0.2) is 91.6 Å². The van der Waals surface area contributed by atoms with Gasteiger partial charge in [-0.15, -0.1) is 0 Å². The molecule has 3 aromatic carbocycles. The first kappa shape index (κ1) is 23.0. The minimum atomic E-state index is -0.543. The second-order valence-corrected chi connectivity index (χ2v) is 8.38. The highest BCUT2D eigenvalue weighted by Crippen LogP contribution is 2.41. The quantitative estimate of drug-likeness (QED) is 0.263. The summed E-state index contributed by atoms with van der Waals surface area (Å²) in [7, 11) is 3.24. The Hall–Kier alpha value is -4.78. The number of ether oxygens (including phenoxy) is 3. The molecule has 1 aromatic heterocycles. The van der Waals surface area contributed by atoms with Gasteiger partial charge in [-0.05, 0) is 41.1 Å². The van der Waals surface area contributed by atoms with E-state index in [4.69, 9.17) is 14.2 Å². The maximum atomic E-state index is 12.7. The monoisotopic (exact) mass is 480 g/mol. The van der Waals surface area contributed by atoms with Crippen LogP contribution in [0.25, 0.3) is 28.0 Å². The van der Waals surface area contributed by atoms with E-state index in [2.05, 4.69) is 6.58 Å². The number of carbonyl (C=O) groups is 2. The van der Waals surface area contributed by atoms with Crippen molar-refractivity contribution >= 4 is 34.4 Å². The van der Waals surface area contributed by atoms with Gasteiger partial charge in [0.15, 0.2) is 17.3 Å². The molecule has 2 heterocycles. The van der Waals surface area contributed by atoms with Crippen LogP contribution < -0.4 is 4.74 Å². The fourth-order valence-corrected chi connectivity index (χ4v) is 4.07. The molecule has 0 bridgehead atoms. The predicted octanol–water partition coefficient (Wildman–Crippen LogP) is 5.89. The SMILES string of the molecule is C=CCOC(=O)c1ccc2c(c1)OC(c1cccc3ccccc13)=C(OC(=O)N(C)C)c1cccn1-2. The third-order valence-electron chi connectivity index (χ3n) is 5.78. The van der Waals surface area contributed by atoms with Crippen LogP contribution in [0.1, 0.15) is 21.6 Å². The van der Waals surface area contributed by atoms with Crippen molar-refractivity contribution < 1.29 is 23.8 Å². The van der Waals surface area contributed by atoms with Crippen molar-refractivity contribution in [3.05, 3.63) is 108 Å². The van der Waals surface area contributed by atoms with Crippen molar-refractivity contribution in [3.63, 3.8) is 0 Å². The van der Waals surface area contributed by atoms with Crippen molar-refractivity contribution in [2.75, 3.05) is 20.7 Å². The number of aromatic nitrogens is 1. The zero-order valence-corrected chi connectivity index (χ0v) is 19.9. The highest BCUT2D eigenvalue weighted by molar-refractivity contribution is 6.00. The molecule has 1 aliphatic rings. The van der Waals surface area contributed by atoms with Gasteiger partial charge in [-0.3, -0.25) is 0 Å². The summed E-state index contributed by atoms with van der Waals surface area (Å²) in [5.41, 5.74) is 2.39. The number of hydrogen-bond acceptors (Lipinski definition) is 5. The van der Waals surface area contributed by atoms with Crippen LogP contribution in [0.3, 0.4) is 0 Å². The number of carbonyl (C=O) groups excluding carboxylic acids is 2. The lowest BCUT2D eigenvalue weighted by Gasteiger charge is -2.17. The molecule has 7 heteroatoms. The van der Waals surface area contributed by atoms with Crippen LogP contribution in [-0.2, 0) is 9.47 Å². The molecule has 180 valence electrons. The van der Waals surface area contributed by atoms with E-state index in [1.165, 1.54) is 11.0 Å². The second-order valence-electron chi connectivity index (χ2n) is 8.38. The van der Waals surface area contributed by atoms with E-state index >= 15 is 0 Å². The summed E-state index contributed by atoms with van der Waals surface area (Å²) in [6.07, 6.45) is 2.82. The Kier molecular flexibility index (Phi) is 6.04. The molecule has 1 amide bonds. The van der Waals surface area contributed by atoms with E-state index < -0.39 is 12.1 Å². The van der Waals surface area contributed by atoms with Gasteiger partial charge in [-0.25, -0.2) is 9.59 Å². The van der Waals surface area contributed by atoms with Gasteiger partial charge in [0.25, 0.3) is 0 Å². The van der Waals surface area contributed by atoms with Crippen LogP contribution in [-0.4, -0.2) is 42.2 Å². The first-order valence-corrected chi connectivity index (χ1v) is 11.4. The van der Waals surface area contributed by atoms with Crippen molar-refractivity contribution in [2.24, 2.45) is 0 Å². The van der Waals surface area contributed by atoms with Crippen molar-refractivity contribution in [1.29, 1.82) is 0 Å². The lowest BCUT2D eigenvalue weighted by molar-refractivity contribution is 0.0549. The van der Waals surface area contributed by atoms with Crippen molar-refractivity contribution in [2.45, 2.75) is 0 Å². The van der Waals surface area contributed by atoms with E-state index in [1.807, 2.05) is 65.4 Å². The van der Waals surface area contributed by atoms with Gasteiger partial charge in [0, 0.05) is 25.9 Å². The number of benzene rings is 3. The normalized spacial score (nSPS) is 12.2. The Morgan fingerprint density at radius 2 is 1.83 bits per heavy atom. The van der Waals surface area contributed by atoms with E-state index in [0.29, 0.717) is 28.5 Å². The smallest absolute Gasteiger partial charge is 0.414 e. The van der Waals surface area contributed by atoms with Crippen LogP contribution in [0, 0.1) is 0 Å². The molecule has 1 aliphatic heterocycles. The largest absolute Gasteiger partial charge is 0.458 e. The number of amides is 1. The number of fused-ring (bicyclic) bond motifs is 4. The molecule has 0 fully saturated rings. The molecule has 0 saturated carbocycles. The molecular weight excluding hydrogens is 456 g/mol. The van der Waals surface area contributed by atoms with Gasteiger partial charge in [0.1, 0.15) is 6.61 Å². The zero-order valence-electron chi connectivity index (χ0n) is 19.9. The summed E-state index contributed by atoms with van der Waals surface area (Å²) < 4.78 is 19.5. The van der Waals surface area contributed by atoms with Gasteiger partial charge in [0.05, 0.1) is 16.9 Å². The predicted molar refractivity (Wildman–Crippen MR) is 138 cm³/mol. The van der Waals surface area contributed by atoms with Crippen molar-refractivity contribution in [1.82, 2.24) is 9.47 Å². The maximum absolute atomic E-state index is 12.7. The summed E-state index contributed by atoms with van der Waals surface area (Å²) in [6, 6.07) is 22.5. The summed E-state index contributed by atoms with van der Waals surface area (Å²) in [4.78, 5) is 26.7. The van der Waals surface area contributed by atoms with Crippen molar-refractivity contribution in [3.8, 4) is 11.4 Å². The Morgan fingerprint density at radius 1 is 1.03 bits per heavy atom. The maximum Gasteiger partial charge on any atom is 0.414 e. The van der Waals surface area contributed by atoms with Gasteiger partial charge >= 0.3 is 12.1 Å². The van der Waals surface area contributed by atoms with E-state index in [-0.39, 0.29) is 12.4 Å². The van der Waals surface area contributed by atoms with Gasteiger partial charge < -0.3 is 23.7 Å². The molecule has 0 radical (unpaired) electrons. The molecular formula is C29H24N2O5. The fraction of sp³-hybridized carbons (Fsp3) is 0.103. The van der Waals surface area contributed by atoms with E-state index in [1.54, 1.807) is 32.3 Å². The molecule has 4 aromatic rings. The first-order chi connectivity index (χ1) is 17.5. The molecule has 0 saturated heterocycles. The topological polar surface area (TPSA) is 70.0 Å². The van der Waals surface area contributed by atoms with E-state index in [0.717, 1.165) is 16.3 Å². The van der Waals surface area contributed by atoms with Crippen LogP contribution in [0.5, 0.6) is 5.75 Å². The first-order valence-electron chi connectivity index (χ1n) is 11.4. The number of nitrogens with zero attached hydrogens (tertiary/aromatic N) is 2. The number of rotatable bonds is 5.